The Morgan fingerprint density at radius 3 is 2.45 bits per heavy atom. The molecule has 2 N–H and O–H groups in total. The molecule has 6 nitrogen and oxygen atoms in total. The summed E-state index contributed by atoms with van der Waals surface area (Å²) in [5.41, 5.74) is 7.45. The molecule has 1 fully saturated rings. The van der Waals surface area contributed by atoms with Gasteiger partial charge in [0, 0.05) is 37.0 Å². The summed E-state index contributed by atoms with van der Waals surface area (Å²) in [6.45, 7) is 4.04. The molecular weight excluding hydrogens is 258 g/mol. The fourth-order valence-corrected chi connectivity index (χ4v) is 2.59. The molecule has 2 rings (SSSR count). The second-order valence-corrected chi connectivity index (χ2v) is 5.11. The maximum absolute atomic E-state index is 12.6. The quantitative estimate of drug-likeness (QED) is 0.867. The van der Waals surface area contributed by atoms with E-state index in [4.69, 9.17) is 10.5 Å². The van der Waals surface area contributed by atoms with Crippen molar-refractivity contribution >= 4 is 11.8 Å². The van der Waals surface area contributed by atoms with Gasteiger partial charge in [-0.1, -0.05) is 0 Å². The van der Waals surface area contributed by atoms with E-state index in [0.29, 0.717) is 18.5 Å². The highest BCUT2D eigenvalue weighted by Crippen LogP contribution is 2.22. The first kappa shape index (κ1) is 14.5. The standard InChI is InChI=1S/C14H19N3O3/c1-8-4-10(5-9(2)16-8)14(19)17-7-11(20-3)6-12(17)13(15)18/h4-5,11-12H,6-7H2,1-3H3,(H2,15,18)/t11-,12-/m0/s1. The molecule has 2 atom stereocenters. The number of hydrogen-bond acceptors (Lipinski definition) is 4. The summed E-state index contributed by atoms with van der Waals surface area (Å²) >= 11 is 0. The van der Waals surface area contributed by atoms with Crippen molar-refractivity contribution in [2.45, 2.75) is 32.4 Å². The van der Waals surface area contributed by atoms with Gasteiger partial charge in [-0.15, -0.1) is 0 Å². The molecule has 1 aliphatic heterocycles. The maximum atomic E-state index is 12.6. The minimum atomic E-state index is -0.610. The Morgan fingerprint density at radius 2 is 1.95 bits per heavy atom. The third kappa shape index (κ3) is 2.80. The molecule has 2 heterocycles. The lowest BCUT2D eigenvalue weighted by Crippen LogP contribution is -2.43. The number of nitrogens with two attached hydrogens (primary N) is 1. The van der Waals surface area contributed by atoms with Gasteiger partial charge in [-0.2, -0.15) is 0 Å². The Hall–Kier alpha value is -1.95. The highest BCUT2D eigenvalue weighted by atomic mass is 16.5. The van der Waals surface area contributed by atoms with Crippen LogP contribution in [-0.2, 0) is 9.53 Å². The lowest BCUT2D eigenvalue weighted by atomic mass is 10.1. The molecule has 0 bridgehead atoms. The molecule has 0 radical (unpaired) electrons. The third-order valence-electron chi connectivity index (χ3n) is 3.51. The van der Waals surface area contributed by atoms with Gasteiger partial charge in [-0.3, -0.25) is 14.6 Å². The van der Waals surface area contributed by atoms with E-state index in [-0.39, 0.29) is 12.0 Å². The molecular formula is C14H19N3O3. The second kappa shape index (κ2) is 5.58. The van der Waals surface area contributed by atoms with E-state index in [1.165, 1.54) is 4.90 Å². The summed E-state index contributed by atoms with van der Waals surface area (Å²) in [6, 6.07) is 2.82. The number of hydrogen-bond donors (Lipinski definition) is 1. The molecule has 0 unspecified atom stereocenters. The van der Waals surface area contributed by atoms with Crippen molar-refractivity contribution in [1.82, 2.24) is 9.88 Å². The number of nitrogens with zero attached hydrogens (tertiary/aromatic N) is 2. The lowest BCUT2D eigenvalue weighted by Gasteiger charge is -2.22. The van der Waals surface area contributed by atoms with Crippen molar-refractivity contribution in [3.8, 4) is 0 Å². The number of carbonyl (C=O) groups excluding carboxylic acids is 2. The van der Waals surface area contributed by atoms with E-state index in [9.17, 15) is 9.59 Å². The van der Waals surface area contributed by atoms with Crippen LogP contribution >= 0.6 is 0 Å². The summed E-state index contributed by atoms with van der Waals surface area (Å²) < 4.78 is 5.24. The molecule has 0 aliphatic carbocycles. The van der Waals surface area contributed by atoms with E-state index in [1.807, 2.05) is 13.8 Å². The van der Waals surface area contributed by atoms with Crippen LogP contribution in [0.3, 0.4) is 0 Å². The van der Waals surface area contributed by atoms with Crippen molar-refractivity contribution in [2.24, 2.45) is 5.73 Å². The van der Waals surface area contributed by atoms with Crippen LogP contribution in [0.15, 0.2) is 12.1 Å². The Labute approximate surface area is 117 Å². The van der Waals surface area contributed by atoms with Gasteiger partial charge in [0.1, 0.15) is 6.04 Å². The summed E-state index contributed by atoms with van der Waals surface area (Å²) in [5, 5.41) is 0. The summed E-state index contributed by atoms with van der Waals surface area (Å²) in [4.78, 5) is 29.8. The zero-order chi connectivity index (χ0) is 14.9. The maximum Gasteiger partial charge on any atom is 0.254 e. The average molecular weight is 277 g/mol. The molecule has 0 saturated carbocycles. The van der Waals surface area contributed by atoms with Crippen LogP contribution in [0.1, 0.15) is 28.2 Å². The molecule has 1 aromatic rings. The van der Waals surface area contributed by atoms with Gasteiger partial charge in [0.15, 0.2) is 0 Å². The minimum absolute atomic E-state index is 0.152. The van der Waals surface area contributed by atoms with Gasteiger partial charge < -0.3 is 15.4 Å². The predicted octanol–water partition coefficient (Wildman–Crippen LogP) is 0.413. The van der Waals surface area contributed by atoms with Crippen LogP contribution in [0.4, 0.5) is 0 Å². The van der Waals surface area contributed by atoms with Crippen LogP contribution in [0.25, 0.3) is 0 Å². The fraction of sp³-hybridized carbons (Fsp3) is 0.500. The smallest absolute Gasteiger partial charge is 0.254 e. The van der Waals surface area contributed by atoms with Crippen molar-refractivity contribution in [1.29, 1.82) is 0 Å². The molecule has 6 heteroatoms. The van der Waals surface area contributed by atoms with Crippen LogP contribution in [0.5, 0.6) is 0 Å². The van der Waals surface area contributed by atoms with E-state index in [1.54, 1.807) is 19.2 Å². The monoisotopic (exact) mass is 277 g/mol. The van der Waals surface area contributed by atoms with Crippen LogP contribution in [-0.4, -0.2) is 47.5 Å². The number of methoxy groups -OCH3 is 1. The number of ether oxygens (including phenoxy) is 1. The van der Waals surface area contributed by atoms with Gasteiger partial charge in [-0.05, 0) is 26.0 Å². The average Bonchev–Trinajstić information content (AvgIpc) is 2.81. The van der Waals surface area contributed by atoms with E-state index in [0.717, 1.165) is 11.4 Å². The molecule has 20 heavy (non-hydrogen) atoms. The first-order valence-electron chi connectivity index (χ1n) is 6.50. The van der Waals surface area contributed by atoms with E-state index in [2.05, 4.69) is 4.98 Å². The lowest BCUT2D eigenvalue weighted by molar-refractivity contribution is -0.121. The summed E-state index contributed by atoms with van der Waals surface area (Å²) in [7, 11) is 1.57. The molecule has 2 amide bonds. The number of pyridine rings is 1. The van der Waals surface area contributed by atoms with Crippen molar-refractivity contribution in [3.63, 3.8) is 0 Å². The molecule has 0 spiro atoms. The summed E-state index contributed by atoms with van der Waals surface area (Å²) in [5.74, 6) is -0.706. The molecule has 0 aromatic carbocycles. The van der Waals surface area contributed by atoms with Gasteiger partial charge in [0.05, 0.1) is 6.10 Å². The van der Waals surface area contributed by atoms with Crippen LogP contribution in [0.2, 0.25) is 0 Å². The van der Waals surface area contributed by atoms with Crippen LogP contribution < -0.4 is 5.73 Å². The molecule has 1 aliphatic rings. The van der Waals surface area contributed by atoms with Crippen molar-refractivity contribution < 1.29 is 14.3 Å². The molecule has 1 saturated heterocycles. The normalized spacial score (nSPS) is 22.1. The SMILES string of the molecule is CO[C@H]1C[C@@H](C(N)=O)N(C(=O)c2cc(C)nc(C)c2)C1. The first-order valence-corrected chi connectivity index (χ1v) is 6.50. The van der Waals surface area contributed by atoms with E-state index < -0.39 is 11.9 Å². The predicted molar refractivity (Wildman–Crippen MR) is 73.1 cm³/mol. The Kier molecular flexibility index (Phi) is 4.04. The fourth-order valence-electron chi connectivity index (χ4n) is 2.59. The largest absolute Gasteiger partial charge is 0.380 e. The topological polar surface area (TPSA) is 85.5 Å². The number of primary amides is 1. The Balaban J connectivity index is 2.28. The highest BCUT2D eigenvalue weighted by molar-refractivity contribution is 5.98. The highest BCUT2D eigenvalue weighted by Gasteiger charge is 2.39. The van der Waals surface area contributed by atoms with Gasteiger partial charge >= 0.3 is 0 Å². The Bertz CT molecular complexity index is 524. The number of rotatable bonds is 3. The number of amides is 2. The Morgan fingerprint density at radius 1 is 1.35 bits per heavy atom. The molecule has 108 valence electrons. The zero-order valence-electron chi connectivity index (χ0n) is 11.9. The second-order valence-electron chi connectivity index (χ2n) is 5.11. The third-order valence-corrected chi connectivity index (χ3v) is 3.51. The van der Waals surface area contributed by atoms with Crippen LogP contribution in [0, 0.1) is 13.8 Å². The van der Waals surface area contributed by atoms with Gasteiger partial charge in [0.2, 0.25) is 5.91 Å². The van der Waals surface area contributed by atoms with Gasteiger partial charge in [0.25, 0.3) is 5.91 Å². The summed E-state index contributed by atoms with van der Waals surface area (Å²) in [6.07, 6.45) is 0.293. The molecule has 1 aromatic heterocycles. The minimum Gasteiger partial charge on any atom is -0.380 e. The number of aromatic nitrogens is 1. The van der Waals surface area contributed by atoms with E-state index >= 15 is 0 Å². The van der Waals surface area contributed by atoms with Crippen molar-refractivity contribution in [3.05, 3.63) is 29.1 Å². The van der Waals surface area contributed by atoms with Gasteiger partial charge in [-0.25, -0.2) is 0 Å². The first-order chi connectivity index (χ1) is 9.42. The zero-order valence-corrected chi connectivity index (χ0v) is 11.9. The number of carbonyl (C=O) groups is 2. The number of aryl methyl sites for hydroxylation is 2. The van der Waals surface area contributed by atoms with Crippen molar-refractivity contribution in [2.75, 3.05) is 13.7 Å². The number of likely N-dealkylation sites (tertiary alicyclic amines) is 1.